The van der Waals surface area contributed by atoms with Gasteiger partial charge in [-0.2, -0.15) is 0 Å². The third kappa shape index (κ3) is 2.59. The molecule has 0 aromatic rings. The SMILES string of the molecule is C=C(C)C1CCC2(C=O)C1CCC1(C)C2CCC2C3(C)CCCC(C)(C)C3CCC21C. The van der Waals surface area contributed by atoms with Gasteiger partial charge >= 0.3 is 0 Å². The number of rotatable bonds is 2. The molecule has 0 amide bonds. The minimum absolute atomic E-state index is 0.0752. The summed E-state index contributed by atoms with van der Waals surface area (Å²) in [6, 6.07) is 0. The summed E-state index contributed by atoms with van der Waals surface area (Å²) in [5.41, 5.74) is 2.94. The van der Waals surface area contributed by atoms with Crippen molar-refractivity contribution in [3.63, 3.8) is 0 Å². The molecule has 0 spiro atoms. The van der Waals surface area contributed by atoms with Crippen LogP contribution in [0.15, 0.2) is 12.2 Å². The van der Waals surface area contributed by atoms with Gasteiger partial charge in [0, 0.05) is 5.41 Å². The Balaban J connectivity index is 1.55. The summed E-state index contributed by atoms with van der Waals surface area (Å²) in [6.07, 6.45) is 16.1. The molecule has 31 heavy (non-hydrogen) atoms. The fraction of sp³-hybridized carbons (Fsp3) is 0.900. The first-order chi connectivity index (χ1) is 14.5. The van der Waals surface area contributed by atoms with Gasteiger partial charge in [-0.1, -0.05) is 53.2 Å². The van der Waals surface area contributed by atoms with Crippen LogP contribution in [0.25, 0.3) is 0 Å². The van der Waals surface area contributed by atoms with Crippen LogP contribution in [0.3, 0.4) is 0 Å². The summed E-state index contributed by atoms with van der Waals surface area (Å²) in [7, 11) is 0. The number of carbonyl (C=O) groups excluding carboxylic acids is 1. The fourth-order valence-electron chi connectivity index (χ4n) is 11.7. The van der Waals surface area contributed by atoms with Gasteiger partial charge in [0.25, 0.3) is 0 Å². The molecule has 0 N–H and O–H groups in total. The normalized spacial score (nSPS) is 55.4. The standard InChI is InChI=1S/C30H48O/c1-20(2)21-11-18-30(19-31)22(21)12-16-29(7)25(30)10-9-24-27(5)15-8-14-26(3,4)23(27)13-17-28(24,29)6/h19,21-25H,1,8-18H2,2-7H3. The smallest absolute Gasteiger partial charge is 0.126 e. The first-order valence-corrected chi connectivity index (χ1v) is 13.6. The molecule has 0 bridgehead atoms. The quantitative estimate of drug-likeness (QED) is 0.322. The lowest BCUT2D eigenvalue weighted by Gasteiger charge is -2.72. The molecule has 0 aromatic carbocycles. The number of hydrogen-bond acceptors (Lipinski definition) is 1. The van der Waals surface area contributed by atoms with E-state index in [9.17, 15) is 4.79 Å². The van der Waals surface area contributed by atoms with Crippen LogP contribution in [-0.4, -0.2) is 6.29 Å². The summed E-state index contributed by atoms with van der Waals surface area (Å²) in [6.45, 7) is 19.7. The van der Waals surface area contributed by atoms with E-state index in [0.29, 0.717) is 39.4 Å². The minimum Gasteiger partial charge on any atom is -0.303 e. The van der Waals surface area contributed by atoms with Gasteiger partial charge in [0.1, 0.15) is 6.29 Å². The zero-order valence-electron chi connectivity index (χ0n) is 21.4. The Morgan fingerprint density at radius 1 is 0.774 bits per heavy atom. The maximum Gasteiger partial charge on any atom is 0.126 e. The number of allylic oxidation sites excluding steroid dienone is 1. The van der Waals surface area contributed by atoms with Gasteiger partial charge < -0.3 is 4.79 Å². The predicted octanol–water partition coefficient (Wildman–Crippen LogP) is 8.23. The Bertz CT molecular complexity index is 779. The Kier molecular flexibility index (Phi) is 4.82. The summed E-state index contributed by atoms with van der Waals surface area (Å²) in [5.74, 6) is 3.42. The Morgan fingerprint density at radius 3 is 2.10 bits per heavy atom. The third-order valence-corrected chi connectivity index (χ3v) is 13.2. The molecule has 9 atom stereocenters. The monoisotopic (exact) mass is 424 g/mol. The molecule has 0 aliphatic heterocycles. The second kappa shape index (κ2) is 6.73. The fourth-order valence-corrected chi connectivity index (χ4v) is 11.7. The molecular weight excluding hydrogens is 376 g/mol. The molecule has 0 aromatic heterocycles. The lowest BCUT2D eigenvalue weighted by atomic mass is 9.32. The van der Waals surface area contributed by atoms with Crippen molar-refractivity contribution in [1.82, 2.24) is 0 Å². The van der Waals surface area contributed by atoms with Crippen molar-refractivity contribution in [2.24, 2.45) is 56.7 Å². The average molecular weight is 425 g/mol. The molecule has 1 heteroatoms. The molecule has 0 heterocycles. The Morgan fingerprint density at radius 2 is 1.42 bits per heavy atom. The zero-order valence-corrected chi connectivity index (χ0v) is 21.4. The van der Waals surface area contributed by atoms with Crippen LogP contribution in [0.5, 0.6) is 0 Å². The number of fused-ring (bicyclic) bond motifs is 7. The lowest BCUT2D eigenvalue weighted by molar-refractivity contribution is -0.238. The van der Waals surface area contributed by atoms with E-state index < -0.39 is 0 Å². The van der Waals surface area contributed by atoms with E-state index in [1.165, 1.54) is 76.1 Å². The van der Waals surface area contributed by atoms with E-state index in [-0.39, 0.29) is 5.41 Å². The van der Waals surface area contributed by atoms with Gasteiger partial charge in [0.05, 0.1) is 0 Å². The molecule has 0 saturated heterocycles. The van der Waals surface area contributed by atoms with Gasteiger partial charge in [-0.25, -0.2) is 0 Å². The van der Waals surface area contributed by atoms with E-state index in [1.807, 2.05) is 0 Å². The molecule has 5 saturated carbocycles. The van der Waals surface area contributed by atoms with E-state index in [4.69, 9.17) is 0 Å². The maximum absolute atomic E-state index is 12.9. The maximum atomic E-state index is 12.9. The van der Waals surface area contributed by atoms with E-state index in [0.717, 1.165) is 18.3 Å². The highest BCUT2D eigenvalue weighted by atomic mass is 16.1. The molecule has 174 valence electrons. The molecule has 1 nitrogen and oxygen atoms in total. The molecule has 0 radical (unpaired) electrons. The highest BCUT2D eigenvalue weighted by molar-refractivity contribution is 5.63. The van der Waals surface area contributed by atoms with Crippen LogP contribution in [0, 0.1) is 56.7 Å². The number of carbonyl (C=O) groups is 1. The van der Waals surface area contributed by atoms with Gasteiger partial charge in [0.15, 0.2) is 0 Å². The van der Waals surface area contributed by atoms with E-state index in [1.54, 1.807) is 0 Å². The van der Waals surface area contributed by atoms with Crippen molar-refractivity contribution in [3.8, 4) is 0 Å². The van der Waals surface area contributed by atoms with Crippen molar-refractivity contribution in [3.05, 3.63) is 12.2 Å². The van der Waals surface area contributed by atoms with Gasteiger partial charge in [-0.3, -0.25) is 0 Å². The number of aldehydes is 1. The van der Waals surface area contributed by atoms with Gasteiger partial charge in [-0.15, -0.1) is 0 Å². The predicted molar refractivity (Wildman–Crippen MR) is 130 cm³/mol. The molecule has 5 aliphatic rings. The van der Waals surface area contributed by atoms with Crippen molar-refractivity contribution in [2.75, 3.05) is 0 Å². The van der Waals surface area contributed by atoms with Crippen LogP contribution in [0.4, 0.5) is 0 Å². The first-order valence-electron chi connectivity index (χ1n) is 13.6. The summed E-state index contributed by atoms with van der Waals surface area (Å²) >= 11 is 0. The third-order valence-electron chi connectivity index (χ3n) is 13.2. The number of hydrogen-bond donors (Lipinski definition) is 0. The highest BCUT2D eigenvalue weighted by Gasteiger charge is 2.71. The average Bonchev–Trinajstić information content (AvgIpc) is 3.08. The van der Waals surface area contributed by atoms with Crippen LogP contribution < -0.4 is 0 Å². The minimum atomic E-state index is -0.0752. The summed E-state index contributed by atoms with van der Waals surface area (Å²) < 4.78 is 0. The van der Waals surface area contributed by atoms with Crippen molar-refractivity contribution >= 4 is 6.29 Å². The summed E-state index contributed by atoms with van der Waals surface area (Å²) in [4.78, 5) is 12.9. The summed E-state index contributed by atoms with van der Waals surface area (Å²) in [5, 5.41) is 0. The first kappa shape index (κ1) is 22.2. The van der Waals surface area contributed by atoms with Gasteiger partial charge in [0.2, 0.25) is 0 Å². The van der Waals surface area contributed by atoms with Crippen molar-refractivity contribution in [2.45, 2.75) is 112 Å². The Labute approximate surface area is 192 Å². The van der Waals surface area contributed by atoms with E-state index >= 15 is 0 Å². The molecule has 5 fully saturated rings. The van der Waals surface area contributed by atoms with Crippen LogP contribution in [0.1, 0.15) is 112 Å². The highest BCUT2D eigenvalue weighted by Crippen LogP contribution is 2.77. The van der Waals surface area contributed by atoms with Crippen LogP contribution in [0.2, 0.25) is 0 Å². The van der Waals surface area contributed by atoms with Crippen LogP contribution >= 0.6 is 0 Å². The lowest BCUT2D eigenvalue weighted by Crippen LogP contribution is -2.66. The molecular formula is C30H48O. The van der Waals surface area contributed by atoms with Gasteiger partial charge in [-0.05, 0) is 122 Å². The molecule has 5 aliphatic carbocycles. The second-order valence-corrected chi connectivity index (χ2v) is 14.3. The van der Waals surface area contributed by atoms with Crippen molar-refractivity contribution < 1.29 is 4.79 Å². The largest absolute Gasteiger partial charge is 0.303 e. The second-order valence-electron chi connectivity index (χ2n) is 14.3. The van der Waals surface area contributed by atoms with E-state index in [2.05, 4.69) is 48.1 Å². The topological polar surface area (TPSA) is 17.1 Å². The molecule has 9 unspecified atom stereocenters. The molecule has 5 rings (SSSR count). The Hall–Kier alpha value is -0.590. The zero-order chi connectivity index (χ0) is 22.4. The van der Waals surface area contributed by atoms with Crippen molar-refractivity contribution in [1.29, 1.82) is 0 Å². The van der Waals surface area contributed by atoms with Crippen LogP contribution in [-0.2, 0) is 4.79 Å².